The molecule has 0 spiro atoms. The topological polar surface area (TPSA) is 130 Å². The van der Waals surface area contributed by atoms with Crippen LogP contribution in [0.1, 0.15) is 0 Å². The van der Waals surface area contributed by atoms with Gasteiger partial charge in [0.25, 0.3) is 11.4 Å². The molecule has 0 N–H and O–H groups in total. The number of halogens is 1. The number of rotatable bonds is 3. The third kappa shape index (κ3) is 2.11. The van der Waals surface area contributed by atoms with Gasteiger partial charge in [0.2, 0.25) is 0 Å². The molecule has 0 radical (unpaired) electrons. The molecule has 0 fully saturated rings. The van der Waals surface area contributed by atoms with Crippen molar-refractivity contribution in [2.45, 2.75) is 0 Å². The molecule has 0 atom stereocenters. The van der Waals surface area contributed by atoms with Crippen LogP contribution in [0.5, 0.6) is 0 Å². The minimum Gasteiger partial charge on any atom is -0.277 e. The zero-order valence-electron chi connectivity index (χ0n) is 10.6. The van der Waals surface area contributed by atoms with Crippen LogP contribution in [0, 0.1) is 20.2 Å². The number of fused-ring (bicyclic) bond motifs is 1. The van der Waals surface area contributed by atoms with Crippen molar-refractivity contribution in [1.82, 2.24) is 19.5 Å². The lowest BCUT2D eigenvalue weighted by Gasteiger charge is -2.04. The first-order valence-electron chi connectivity index (χ1n) is 5.76. The molecule has 0 saturated heterocycles. The van der Waals surface area contributed by atoms with E-state index in [4.69, 9.17) is 11.6 Å². The lowest BCUT2D eigenvalue weighted by atomic mass is 10.2. The minimum atomic E-state index is -0.711. The average molecular weight is 321 g/mol. The molecule has 22 heavy (non-hydrogen) atoms. The van der Waals surface area contributed by atoms with Crippen molar-refractivity contribution in [2.75, 3.05) is 0 Å². The second kappa shape index (κ2) is 5.00. The van der Waals surface area contributed by atoms with Gasteiger partial charge in [0.1, 0.15) is 23.9 Å². The van der Waals surface area contributed by atoms with Crippen LogP contribution in [0.25, 0.3) is 16.9 Å². The highest BCUT2D eigenvalue weighted by molar-refractivity contribution is 6.33. The smallest absolute Gasteiger partial charge is 0.277 e. The monoisotopic (exact) mass is 320 g/mol. The summed E-state index contributed by atoms with van der Waals surface area (Å²) in [5.41, 5.74) is -0.197. The second-order valence-electron chi connectivity index (χ2n) is 4.14. The lowest BCUT2D eigenvalue weighted by Crippen LogP contribution is -2.01. The molecule has 10 nitrogen and oxygen atoms in total. The van der Waals surface area contributed by atoms with E-state index in [-0.39, 0.29) is 27.7 Å². The Morgan fingerprint density at radius 2 is 1.86 bits per heavy atom. The van der Waals surface area contributed by atoms with Crippen molar-refractivity contribution < 1.29 is 9.85 Å². The Labute approximate surface area is 126 Å². The number of benzene rings is 1. The summed E-state index contributed by atoms with van der Waals surface area (Å²) in [5.74, 6) is 0. The summed E-state index contributed by atoms with van der Waals surface area (Å²) in [5, 5.41) is 22.0. The average Bonchev–Trinajstić information content (AvgIpc) is 2.91. The number of nitro benzene ring substituents is 2. The van der Waals surface area contributed by atoms with Crippen molar-refractivity contribution in [1.29, 1.82) is 0 Å². The number of aromatic nitrogens is 4. The minimum absolute atomic E-state index is 0.0906. The van der Waals surface area contributed by atoms with Gasteiger partial charge in [-0.25, -0.2) is 15.0 Å². The largest absolute Gasteiger partial charge is 0.300 e. The van der Waals surface area contributed by atoms with Gasteiger partial charge in [0.05, 0.1) is 15.9 Å². The van der Waals surface area contributed by atoms with E-state index in [0.717, 1.165) is 12.1 Å². The molecule has 2 heterocycles. The summed E-state index contributed by atoms with van der Waals surface area (Å²) in [6.07, 6.45) is 2.49. The zero-order valence-corrected chi connectivity index (χ0v) is 11.3. The van der Waals surface area contributed by atoms with Crippen molar-refractivity contribution in [3.8, 4) is 5.69 Å². The summed E-state index contributed by atoms with van der Waals surface area (Å²) >= 11 is 5.88. The van der Waals surface area contributed by atoms with E-state index < -0.39 is 15.5 Å². The van der Waals surface area contributed by atoms with Gasteiger partial charge in [0, 0.05) is 6.07 Å². The van der Waals surface area contributed by atoms with Crippen molar-refractivity contribution in [3.05, 3.63) is 56.2 Å². The van der Waals surface area contributed by atoms with Crippen molar-refractivity contribution >= 4 is 34.1 Å². The summed E-state index contributed by atoms with van der Waals surface area (Å²) in [6.45, 7) is 0. The Morgan fingerprint density at radius 3 is 2.55 bits per heavy atom. The fraction of sp³-hybridized carbons (Fsp3) is 0. The summed E-state index contributed by atoms with van der Waals surface area (Å²) in [4.78, 5) is 32.3. The van der Waals surface area contributed by atoms with E-state index in [1.54, 1.807) is 0 Å². The summed E-state index contributed by atoms with van der Waals surface area (Å²) < 4.78 is 1.32. The molecule has 2 aromatic heterocycles. The molecule has 0 unspecified atom stereocenters. The van der Waals surface area contributed by atoms with E-state index in [1.165, 1.54) is 23.3 Å². The SMILES string of the molecule is O=[N+]([O-])c1ccc(-n2cnc3c(Cl)ncnc32)c([N+](=O)[O-])c1. The predicted molar refractivity (Wildman–Crippen MR) is 75.0 cm³/mol. The third-order valence-electron chi connectivity index (χ3n) is 2.91. The van der Waals surface area contributed by atoms with E-state index in [0.29, 0.717) is 0 Å². The molecule has 0 bridgehead atoms. The van der Waals surface area contributed by atoms with Gasteiger partial charge in [-0.2, -0.15) is 0 Å². The maximum Gasteiger partial charge on any atom is 0.300 e. The quantitative estimate of drug-likeness (QED) is 0.411. The van der Waals surface area contributed by atoms with Crippen LogP contribution in [0.4, 0.5) is 11.4 Å². The second-order valence-corrected chi connectivity index (χ2v) is 4.50. The van der Waals surface area contributed by atoms with Gasteiger partial charge < -0.3 is 0 Å². The highest BCUT2D eigenvalue weighted by atomic mass is 35.5. The fourth-order valence-corrected chi connectivity index (χ4v) is 2.13. The van der Waals surface area contributed by atoms with Crippen LogP contribution in [0.15, 0.2) is 30.9 Å². The molecular formula is C11H5ClN6O4. The molecule has 11 heteroatoms. The maximum absolute atomic E-state index is 11.2. The number of hydrogen-bond acceptors (Lipinski definition) is 7. The van der Waals surface area contributed by atoms with Crippen LogP contribution >= 0.6 is 11.6 Å². The van der Waals surface area contributed by atoms with E-state index in [9.17, 15) is 20.2 Å². The van der Waals surface area contributed by atoms with Gasteiger partial charge in [0.15, 0.2) is 10.8 Å². The van der Waals surface area contributed by atoms with Crippen LogP contribution in [0.3, 0.4) is 0 Å². The van der Waals surface area contributed by atoms with Crippen LogP contribution < -0.4 is 0 Å². The third-order valence-corrected chi connectivity index (χ3v) is 3.19. The number of nitrogens with zero attached hydrogens (tertiary/aromatic N) is 6. The van der Waals surface area contributed by atoms with Crippen LogP contribution in [-0.2, 0) is 0 Å². The zero-order chi connectivity index (χ0) is 15.9. The van der Waals surface area contributed by atoms with Gasteiger partial charge in [-0.05, 0) is 6.07 Å². The first-order valence-corrected chi connectivity index (χ1v) is 6.13. The number of nitro groups is 2. The molecule has 0 aliphatic heterocycles. The van der Waals surface area contributed by atoms with Crippen LogP contribution in [-0.4, -0.2) is 29.4 Å². The molecule has 1 aromatic carbocycles. The predicted octanol–water partition coefficient (Wildman–Crippen LogP) is 2.29. The molecule has 0 aliphatic carbocycles. The standard InChI is InChI=1S/C11H5ClN6O4/c12-10-9-11(14-4-13-10)16(5-15-9)7-2-1-6(17(19)20)3-8(7)18(21)22/h1-5H. The molecular weight excluding hydrogens is 316 g/mol. The Balaban J connectivity index is 2.28. The van der Waals surface area contributed by atoms with Gasteiger partial charge in [-0.1, -0.05) is 11.6 Å². The Kier molecular flexibility index (Phi) is 3.14. The Hall–Kier alpha value is -3.14. The number of hydrogen-bond donors (Lipinski definition) is 0. The Bertz CT molecular complexity index is 924. The van der Waals surface area contributed by atoms with Crippen molar-refractivity contribution in [2.24, 2.45) is 0 Å². The van der Waals surface area contributed by atoms with Gasteiger partial charge in [-0.15, -0.1) is 0 Å². The normalized spacial score (nSPS) is 10.8. The van der Waals surface area contributed by atoms with Gasteiger partial charge >= 0.3 is 0 Å². The molecule has 0 aliphatic rings. The summed E-state index contributed by atoms with van der Waals surface area (Å²) in [7, 11) is 0. The van der Waals surface area contributed by atoms with E-state index in [2.05, 4.69) is 15.0 Å². The lowest BCUT2D eigenvalue weighted by molar-refractivity contribution is -0.394. The fourth-order valence-electron chi connectivity index (χ4n) is 1.96. The highest BCUT2D eigenvalue weighted by Crippen LogP contribution is 2.30. The summed E-state index contributed by atoms with van der Waals surface area (Å²) in [6, 6.07) is 3.30. The maximum atomic E-state index is 11.2. The molecule has 0 amide bonds. The first-order chi connectivity index (χ1) is 10.5. The molecule has 3 aromatic rings. The molecule has 110 valence electrons. The Morgan fingerprint density at radius 1 is 1.09 bits per heavy atom. The highest BCUT2D eigenvalue weighted by Gasteiger charge is 2.22. The molecule has 0 saturated carbocycles. The first kappa shape index (κ1) is 13.8. The number of non-ortho nitro benzene ring substituents is 1. The van der Waals surface area contributed by atoms with E-state index in [1.807, 2.05) is 0 Å². The van der Waals surface area contributed by atoms with Crippen LogP contribution in [0.2, 0.25) is 5.15 Å². The van der Waals surface area contributed by atoms with Crippen molar-refractivity contribution in [3.63, 3.8) is 0 Å². The number of imidazole rings is 1. The van der Waals surface area contributed by atoms with E-state index >= 15 is 0 Å². The molecule has 3 rings (SSSR count). The van der Waals surface area contributed by atoms with Gasteiger partial charge in [-0.3, -0.25) is 24.8 Å².